The molecule has 0 saturated carbocycles. The number of ether oxygens (including phenoxy) is 1. The number of aliphatic carboxylic acids is 1. The summed E-state index contributed by atoms with van der Waals surface area (Å²) in [4.78, 5) is 23.8. The van der Waals surface area contributed by atoms with Crippen molar-refractivity contribution in [2.45, 2.75) is 32.3 Å². The number of anilines is 1. The van der Waals surface area contributed by atoms with Crippen molar-refractivity contribution in [2.75, 3.05) is 25.5 Å². The van der Waals surface area contributed by atoms with Gasteiger partial charge in [-0.3, -0.25) is 4.79 Å². The number of hydrogen-bond acceptors (Lipinski definition) is 4. The highest BCUT2D eigenvalue weighted by atomic mass is 16.6. The number of amides is 1. The molecule has 0 aromatic heterocycles. The van der Waals surface area contributed by atoms with E-state index in [1.165, 1.54) is 4.90 Å². The van der Waals surface area contributed by atoms with Crippen LogP contribution in [0, 0.1) is 0 Å². The van der Waals surface area contributed by atoms with Crippen LogP contribution in [0.15, 0.2) is 18.2 Å². The van der Waals surface area contributed by atoms with E-state index in [9.17, 15) is 9.59 Å². The molecule has 0 spiro atoms. The summed E-state index contributed by atoms with van der Waals surface area (Å²) in [6.45, 7) is 3.48. The van der Waals surface area contributed by atoms with Crippen LogP contribution in [0.25, 0.3) is 0 Å². The van der Waals surface area contributed by atoms with Crippen LogP contribution in [0.1, 0.15) is 36.8 Å². The van der Waals surface area contributed by atoms with Crippen molar-refractivity contribution in [3.63, 3.8) is 0 Å². The quantitative estimate of drug-likeness (QED) is 0.844. The van der Waals surface area contributed by atoms with Crippen LogP contribution in [0.3, 0.4) is 0 Å². The predicted molar refractivity (Wildman–Crippen MR) is 83.0 cm³/mol. The Morgan fingerprint density at radius 1 is 1.45 bits per heavy atom. The SMILES string of the molecule is CCN(C)C(=O)OCc1ccc2c(c1)NCC2CCC(=O)O. The minimum Gasteiger partial charge on any atom is -0.481 e. The molecule has 6 nitrogen and oxygen atoms in total. The molecule has 1 atom stereocenters. The fourth-order valence-corrected chi connectivity index (χ4v) is 2.49. The summed E-state index contributed by atoms with van der Waals surface area (Å²) in [5.74, 6) is -0.536. The second-order valence-electron chi connectivity index (χ2n) is 5.50. The molecule has 6 heteroatoms. The average molecular weight is 306 g/mol. The van der Waals surface area contributed by atoms with Crippen molar-refractivity contribution >= 4 is 17.7 Å². The maximum absolute atomic E-state index is 11.6. The van der Waals surface area contributed by atoms with Crippen molar-refractivity contribution in [3.8, 4) is 0 Å². The zero-order chi connectivity index (χ0) is 16.1. The van der Waals surface area contributed by atoms with Gasteiger partial charge in [0.05, 0.1) is 0 Å². The molecule has 1 aliphatic rings. The molecule has 1 amide bonds. The van der Waals surface area contributed by atoms with E-state index in [2.05, 4.69) is 5.32 Å². The first-order valence-corrected chi connectivity index (χ1v) is 7.47. The second kappa shape index (κ2) is 7.15. The monoisotopic (exact) mass is 306 g/mol. The minimum absolute atomic E-state index is 0.175. The van der Waals surface area contributed by atoms with E-state index in [1.807, 2.05) is 25.1 Å². The number of rotatable bonds is 6. The van der Waals surface area contributed by atoms with E-state index in [0.717, 1.165) is 23.4 Å². The lowest BCUT2D eigenvalue weighted by molar-refractivity contribution is -0.137. The van der Waals surface area contributed by atoms with Gasteiger partial charge in [-0.1, -0.05) is 12.1 Å². The summed E-state index contributed by atoms with van der Waals surface area (Å²) < 4.78 is 5.23. The van der Waals surface area contributed by atoms with Crippen molar-refractivity contribution < 1.29 is 19.4 Å². The Morgan fingerprint density at radius 2 is 2.23 bits per heavy atom. The van der Waals surface area contributed by atoms with Crippen molar-refractivity contribution in [1.82, 2.24) is 4.90 Å². The topological polar surface area (TPSA) is 78.9 Å². The maximum atomic E-state index is 11.6. The second-order valence-corrected chi connectivity index (χ2v) is 5.50. The van der Waals surface area contributed by atoms with Crippen LogP contribution in [0.4, 0.5) is 10.5 Å². The van der Waals surface area contributed by atoms with Crippen LogP contribution in [0.5, 0.6) is 0 Å². The van der Waals surface area contributed by atoms with E-state index in [0.29, 0.717) is 13.0 Å². The Hall–Kier alpha value is -2.24. The number of carboxylic acid groups (broad SMARTS) is 1. The van der Waals surface area contributed by atoms with Crippen LogP contribution >= 0.6 is 0 Å². The van der Waals surface area contributed by atoms with E-state index in [1.54, 1.807) is 7.05 Å². The Morgan fingerprint density at radius 3 is 2.91 bits per heavy atom. The maximum Gasteiger partial charge on any atom is 0.409 e. The fourth-order valence-electron chi connectivity index (χ4n) is 2.49. The first-order valence-electron chi connectivity index (χ1n) is 7.47. The number of carbonyl (C=O) groups is 2. The third-order valence-electron chi connectivity index (χ3n) is 3.95. The Bertz CT molecular complexity index is 559. The number of carbonyl (C=O) groups excluding carboxylic acids is 1. The van der Waals surface area contributed by atoms with Crippen LogP contribution < -0.4 is 5.32 Å². The first kappa shape index (κ1) is 16.1. The number of nitrogens with one attached hydrogen (secondary N) is 1. The van der Waals surface area contributed by atoms with E-state index in [4.69, 9.17) is 9.84 Å². The number of benzene rings is 1. The highest BCUT2D eigenvalue weighted by molar-refractivity contribution is 5.68. The van der Waals surface area contributed by atoms with Gasteiger partial charge in [0, 0.05) is 38.2 Å². The number of fused-ring (bicyclic) bond motifs is 1. The van der Waals surface area contributed by atoms with Crippen molar-refractivity contribution in [3.05, 3.63) is 29.3 Å². The third-order valence-corrected chi connectivity index (χ3v) is 3.95. The molecule has 1 aromatic rings. The third kappa shape index (κ3) is 3.90. The molecule has 2 rings (SSSR count). The molecule has 2 N–H and O–H groups in total. The number of hydrogen-bond donors (Lipinski definition) is 2. The molecule has 120 valence electrons. The lowest BCUT2D eigenvalue weighted by Gasteiger charge is -2.15. The molecule has 1 aromatic carbocycles. The van der Waals surface area contributed by atoms with Gasteiger partial charge in [0.25, 0.3) is 0 Å². The van der Waals surface area contributed by atoms with Gasteiger partial charge in [0.15, 0.2) is 0 Å². The van der Waals surface area contributed by atoms with Crippen LogP contribution in [0.2, 0.25) is 0 Å². The largest absolute Gasteiger partial charge is 0.481 e. The molecule has 1 heterocycles. The van der Waals surface area contributed by atoms with Gasteiger partial charge in [-0.15, -0.1) is 0 Å². The summed E-state index contributed by atoms with van der Waals surface area (Å²) in [6, 6.07) is 5.89. The van der Waals surface area contributed by atoms with Gasteiger partial charge < -0.3 is 20.1 Å². The molecular formula is C16H22N2O4. The van der Waals surface area contributed by atoms with Crippen molar-refractivity contribution in [1.29, 1.82) is 0 Å². The summed E-state index contributed by atoms with van der Waals surface area (Å²) in [5, 5.41) is 12.1. The van der Waals surface area contributed by atoms with Gasteiger partial charge in [0.1, 0.15) is 6.61 Å². The van der Waals surface area contributed by atoms with Gasteiger partial charge >= 0.3 is 12.1 Å². The molecule has 1 unspecified atom stereocenters. The van der Waals surface area contributed by atoms with E-state index >= 15 is 0 Å². The highest BCUT2D eigenvalue weighted by Gasteiger charge is 2.23. The summed E-state index contributed by atoms with van der Waals surface area (Å²) in [6.07, 6.45) is 0.467. The molecule has 22 heavy (non-hydrogen) atoms. The molecule has 0 aliphatic carbocycles. The zero-order valence-corrected chi connectivity index (χ0v) is 13.0. The molecule has 0 radical (unpaired) electrons. The summed E-state index contributed by atoms with van der Waals surface area (Å²) in [7, 11) is 1.69. The normalized spacial score (nSPS) is 15.8. The first-order chi connectivity index (χ1) is 10.5. The zero-order valence-electron chi connectivity index (χ0n) is 13.0. The summed E-state index contributed by atoms with van der Waals surface area (Å²) >= 11 is 0. The van der Waals surface area contributed by atoms with E-state index < -0.39 is 5.97 Å². The van der Waals surface area contributed by atoms with Gasteiger partial charge in [0.2, 0.25) is 0 Å². The van der Waals surface area contributed by atoms with Gasteiger partial charge in [-0.25, -0.2) is 4.79 Å². The molecule has 0 saturated heterocycles. The van der Waals surface area contributed by atoms with E-state index in [-0.39, 0.29) is 25.0 Å². The molecular weight excluding hydrogens is 284 g/mol. The fraction of sp³-hybridized carbons (Fsp3) is 0.500. The van der Waals surface area contributed by atoms with Crippen LogP contribution in [-0.4, -0.2) is 42.2 Å². The lowest BCUT2D eigenvalue weighted by Crippen LogP contribution is -2.26. The molecule has 0 bridgehead atoms. The predicted octanol–water partition coefficient (Wildman–Crippen LogP) is 2.65. The summed E-state index contributed by atoms with van der Waals surface area (Å²) in [5.41, 5.74) is 3.07. The average Bonchev–Trinajstić information content (AvgIpc) is 2.92. The van der Waals surface area contributed by atoms with Crippen LogP contribution in [-0.2, 0) is 16.1 Å². The highest BCUT2D eigenvalue weighted by Crippen LogP contribution is 2.35. The smallest absolute Gasteiger partial charge is 0.409 e. The number of nitrogens with zero attached hydrogens (tertiary/aromatic N) is 1. The lowest BCUT2D eigenvalue weighted by atomic mass is 9.95. The Labute approximate surface area is 130 Å². The standard InChI is InChI=1S/C16H22N2O4/c1-3-18(2)16(21)22-10-11-4-6-13-12(5-7-15(19)20)9-17-14(13)8-11/h4,6,8,12,17H,3,5,7,9-10H2,1-2H3,(H,19,20). The van der Waals surface area contributed by atoms with Crippen molar-refractivity contribution in [2.24, 2.45) is 0 Å². The van der Waals surface area contributed by atoms with Gasteiger partial charge in [-0.2, -0.15) is 0 Å². The Balaban J connectivity index is 1.95. The Kier molecular flexibility index (Phi) is 5.25. The molecule has 0 fully saturated rings. The number of carboxylic acids is 1. The minimum atomic E-state index is -0.767. The molecule has 1 aliphatic heterocycles. The van der Waals surface area contributed by atoms with Gasteiger partial charge in [-0.05, 0) is 30.5 Å².